The zero-order chi connectivity index (χ0) is 16.8. The third-order valence-corrected chi connectivity index (χ3v) is 4.53. The molecule has 2 amide bonds. The maximum atomic E-state index is 12.2. The number of imide groups is 1. The van der Waals surface area contributed by atoms with E-state index < -0.39 is 23.3 Å². The maximum Gasteiger partial charge on any atom is 0.380 e. The van der Waals surface area contributed by atoms with E-state index in [1.165, 1.54) is 29.5 Å². The minimum atomic E-state index is -0.991. The number of hydrogen-bond acceptors (Lipinski definition) is 6. The Bertz CT molecular complexity index is 1050. The van der Waals surface area contributed by atoms with E-state index in [9.17, 15) is 19.2 Å². The monoisotopic (exact) mass is 340 g/mol. The zero-order valence-electron chi connectivity index (χ0n) is 11.9. The van der Waals surface area contributed by atoms with Crippen LogP contribution in [-0.4, -0.2) is 27.8 Å². The third kappa shape index (κ3) is 2.04. The van der Waals surface area contributed by atoms with E-state index in [0.29, 0.717) is 15.1 Å². The first-order chi connectivity index (χ1) is 11.6. The highest BCUT2D eigenvalue weighted by Gasteiger charge is 2.38. The van der Waals surface area contributed by atoms with Crippen molar-refractivity contribution in [3.05, 3.63) is 69.0 Å². The average molecular weight is 340 g/mol. The number of hydroxylamine groups is 2. The molecule has 1 aliphatic rings. The number of aromatic nitrogens is 1. The number of thiophene rings is 1. The normalized spacial score (nSPS) is 13.4. The molecule has 3 heterocycles. The molecule has 0 atom stereocenters. The minimum absolute atomic E-state index is 0.137. The molecule has 0 saturated carbocycles. The Morgan fingerprint density at radius 3 is 2.38 bits per heavy atom. The molecule has 3 aromatic rings. The molecule has 1 N–H and O–H groups in total. The van der Waals surface area contributed by atoms with Crippen LogP contribution in [0, 0.1) is 0 Å². The van der Waals surface area contributed by atoms with Crippen molar-refractivity contribution in [1.29, 1.82) is 0 Å². The highest BCUT2D eigenvalue weighted by Crippen LogP contribution is 2.23. The van der Waals surface area contributed by atoms with Gasteiger partial charge < -0.3 is 9.82 Å². The number of pyridine rings is 1. The SMILES string of the molecule is O=C(ON1C(=O)c2ccccc2C1=O)c1cc2ccsc2c(=O)[nH]1. The standard InChI is InChI=1S/C16H8N2O5S/c19-13-12-8(5-6-24-12)7-11(17-13)16(22)23-18-14(20)9-3-1-2-4-10(9)15(18)21/h1-7H,(H,17,19). The van der Waals surface area contributed by atoms with Gasteiger partial charge in [-0.2, -0.15) is 0 Å². The number of nitrogens with zero attached hydrogens (tertiary/aromatic N) is 1. The summed E-state index contributed by atoms with van der Waals surface area (Å²) in [6, 6.07) is 9.29. The summed E-state index contributed by atoms with van der Waals surface area (Å²) in [6.45, 7) is 0. The molecule has 8 heteroatoms. The van der Waals surface area contributed by atoms with E-state index >= 15 is 0 Å². The van der Waals surface area contributed by atoms with E-state index in [1.807, 2.05) is 0 Å². The van der Waals surface area contributed by atoms with Crippen LogP contribution in [0.3, 0.4) is 0 Å². The topological polar surface area (TPSA) is 96.5 Å². The Balaban J connectivity index is 1.66. The molecule has 2 aromatic heterocycles. The van der Waals surface area contributed by atoms with Crippen LogP contribution in [0.15, 0.2) is 46.6 Å². The molecular weight excluding hydrogens is 332 g/mol. The highest BCUT2D eigenvalue weighted by molar-refractivity contribution is 7.17. The van der Waals surface area contributed by atoms with Crippen molar-refractivity contribution in [2.24, 2.45) is 0 Å². The van der Waals surface area contributed by atoms with E-state index in [-0.39, 0.29) is 16.8 Å². The summed E-state index contributed by atoms with van der Waals surface area (Å²) in [6.07, 6.45) is 0. The van der Waals surface area contributed by atoms with Gasteiger partial charge in [-0.25, -0.2) is 4.79 Å². The van der Waals surface area contributed by atoms with Crippen molar-refractivity contribution in [3.8, 4) is 0 Å². The van der Waals surface area contributed by atoms with Crippen molar-refractivity contribution in [3.63, 3.8) is 0 Å². The number of carbonyl (C=O) groups excluding carboxylic acids is 3. The van der Waals surface area contributed by atoms with Gasteiger partial charge in [-0.05, 0) is 29.6 Å². The number of carbonyl (C=O) groups is 3. The number of amides is 2. The quantitative estimate of drug-likeness (QED) is 0.719. The molecule has 118 valence electrons. The van der Waals surface area contributed by atoms with Gasteiger partial charge >= 0.3 is 5.97 Å². The molecular formula is C16H8N2O5S. The van der Waals surface area contributed by atoms with Crippen LogP contribution in [0.5, 0.6) is 0 Å². The van der Waals surface area contributed by atoms with Crippen LogP contribution in [0.25, 0.3) is 10.1 Å². The number of rotatable bonds is 2. The molecule has 1 aromatic carbocycles. The number of H-pyrrole nitrogens is 1. The summed E-state index contributed by atoms with van der Waals surface area (Å²) >= 11 is 1.25. The highest BCUT2D eigenvalue weighted by atomic mass is 32.1. The first kappa shape index (κ1) is 14.3. The van der Waals surface area contributed by atoms with Gasteiger partial charge in [0.15, 0.2) is 0 Å². The van der Waals surface area contributed by atoms with Crippen molar-refractivity contribution in [2.45, 2.75) is 0 Å². The smallest absolute Gasteiger partial charge is 0.323 e. The number of nitrogens with one attached hydrogen (secondary N) is 1. The maximum absolute atomic E-state index is 12.2. The molecule has 7 nitrogen and oxygen atoms in total. The van der Waals surface area contributed by atoms with Gasteiger partial charge in [0.1, 0.15) is 5.69 Å². The molecule has 0 spiro atoms. The van der Waals surface area contributed by atoms with Crippen molar-refractivity contribution < 1.29 is 19.2 Å². The first-order valence-electron chi connectivity index (χ1n) is 6.87. The number of hydrogen-bond donors (Lipinski definition) is 1. The van der Waals surface area contributed by atoms with Crippen molar-refractivity contribution in [1.82, 2.24) is 10.0 Å². The van der Waals surface area contributed by atoms with Gasteiger partial charge in [-0.1, -0.05) is 17.2 Å². The Morgan fingerprint density at radius 1 is 1.04 bits per heavy atom. The molecule has 0 aliphatic carbocycles. The summed E-state index contributed by atoms with van der Waals surface area (Å²) in [7, 11) is 0. The van der Waals surface area contributed by atoms with Gasteiger partial charge in [0.2, 0.25) is 0 Å². The molecule has 0 bridgehead atoms. The minimum Gasteiger partial charge on any atom is -0.323 e. The van der Waals surface area contributed by atoms with Gasteiger partial charge in [0.25, 0.3) is 17.4 Å². The van der Waals surface area contributed by atoms with E-state index in [4.69, 9.17) is 4.84 Å². The van der Waals surface area contributed by atoms with Crippen molar-refractivity contribution in [2.75, 3.05) is 0 Å². The average Bonchev–Trinajstić information content (AvgIpc) is 3.15. The number of fused-ring (bicyclic) bond motifs is 2. The number of benzene rings is 1. The van der Waals surface area contributed by atoms with Crippen LogP contribution >= 0.6 is 11.3 Å². The van der Waals surface area contributed by atoms with Gasteiger partial charge in [-0.15, -0.1) is 11.3 Å². The molecule has 4 rings (SSSR count). The summed E-state index contributed by atoms with van der Waals surface area (Å²) in [4.78, 5) is 55.8. The molecule has 24 heavy (non-hydrogen) atoms. The lowest BCUT2D eigenvalue weighted by Gasteiger charge is -2.12. The number of aromatic amines is 1. The third-order valence-electron chi connectivity index (χ3n) is 3.60. The molecule has 0 fully saturated rings. The molecule has 0 saturated heterocycles. The van der Waals surface area contributed by atoms with Crippen LogP contribution in [0.2, 0.25) is 0 Å². The second-order valence-corrected chi connectivity index (χ2v) is 5.96. The van der Waals surface area contributed by atoms with E-state index in [0.717, 1.165) is 0 Å². The Kier molecular flexibility index (Phi) is 3.07. The predicted molar refractivity (Wildman–Crippen MR) is 84.8 cm³/mol. The largest absolute Gasteiger partial charge is 0.380 e. The summed E-state index contributed by atoms with van der Waals surface area (Å²) in [5, 5.41) is 2.71. The van der Waals surface area contributed by atoms with Crippen LogP contribution in [0.4, 0.5) is 0 Å². The fourth-order valence-corrected chi connectivity index (χ4v) is 3.25. The summed E-state index contributed by atoms with van der Waals surface area (Å²) < 4.78 is 0.479. The fourth-order valence-electron chi connectivity index (χ4n) is 2.48. The second kappa shape index (κ2) is 5.14. The molecule has 0 radical (unpaired) electrons. The Hall–Kier alpha value is -3.26. The fraction of sp³-hybridized carbons (Fsp3) is 0. The lowest BCUT2D eigenvalue weighted by molar-refractivity contribution is -0.0588. The van der Waals surface area contributed by atoms with Crippen LogP contribution in [0.1, 0.15) is 31.2 Å². The second-order valence-electron chi connectivity index (χ2n) is 5.05. The molecule has 1 aliphatic heterocycles. The van der Waals surface area contributed by atoms with Gasteiger partial charge in [0.05, 0.1) is 15.8 Å². The van der Waals surface area contributed by atoms with Gasteiger partial charge in [-0.3, -0.25) is 14.4 Å². The Labute approximate surface area is 138 Å². The zero-order valence-corrected chi connectivity index (χ0v) is 12.8. The van der Waals surface area contributed by atoms with E-state index in [2.05, 4.69) is 4.98 Å². The van der Waals surface area contributed by atoms with E-state index in [1.54, 1.807) is 23.6 Å². The summed E-state index contributed by atoms with van der Waals surface area (Å²) in [5.41, 5.74) is -0.242. The molecule has 0 unspecified atom stereocenters. The van der Waals surface area contributed by atoms with Gasteiger partial charge in [0, 0.05) is 5.39 Å². The van der Waals surface area contributed by atoms with Crippen molar-refractivity contribution >= 4 is 39.2 Å². The lowest BCUT2D eigenvalue weighted by atomic mass is 10.1. The lowest BCUT2D eigenvalue weighted by Crippen LogP contribution is -2.33. The predicted octanol–water partition coefficient (Wildman–Crippen LogP) is 1.96. The first-order valence-corrected chi connectivity index (χ1v) is 7.75. The van der Waals surface area contributed by atoms with Crippen LogP contribution in [-0.2, 0) is 4.84 Å². The summed E-state index contributed by atoms with van der Waals surface area (Å²) in [5.74, 6) is -2.43. The Morgan fingerprint density at radius 2 is 1.71 bits per heavy atom. The van der Waals surface area contributed by atoms with Crippen LogP contribution < -0.4 is 5.56 Å².